The molecule has 0 fully saturated rings. The van der Waals surface area contributed by atoms with Crippen LogP contribution in [-0.2, 0) is 0 Å². The number of fused-ring (bicyclic) bond motifs is 6. The zero-order valence-corrected chi connectivity index (χ0v) is 25.2. The Morgan fingerprint density at radius 2 is 1.18 bits per heavy atom. The van der Waals surface area contributed by atoms with Gasteiger partial charge in [0.1, 0.15) is 5.82 Å². The summed E-state index contributed by atoms with van der Waals surface area (Å²) in [6.45, 7) is 0. The molecular weight excluding hydrogens is 567 g/mol. The number of benzene rings is 6. The molecular formula is C41H27N3S. The van der Waals surface area contributed by atoms with Gasteiger partial charge in [-0.2, -0.15) is 0 Å². The highest BCUT2D eigenvalue weighted by Gasteiger charge is 2.17. The highest BCUT2D eigenvalue weighted by atomic mass is 32.1. The minimum atomic E-state index is 0.899. The van der Waals surface area contributed by atoms with E-state index < -0.39 is 0 Å². The molecule has 0 aliphatic rings. The number of pyridine rings is 1. The Morgan fingerprint density at radius 1 is 0.467 bits per heavy atom. The number of rotatable bonds is 5. The van der Waals surface area contributed by atoms with E-state index >= 15 is 0 Å². The first-order valence-corrected chi connectivity index (χ1v) is 15.9. The second-order valence-electron chi connectivity index (χ2n) is 11.3. The van der Waals surface area contributed by atoms with E-state index in [1.807, 2.05) is 35.7 Å². The minimum Gasteiger partial charge on any atom is -0.309 e. The molecule has 0 spiro atoms. The molecule has 3 nitrogen and oxygen atoms in total. The van der Waals surface area contributed by atoms with E-state index in [2.05, 4.69) is 154 Å². The first kappa shape index (κ1) is 25.8. The van der Waals surface area contributed by atoms with Gasteiger partial charge in [-0.15, -0.1) is 11.3 Å². The van der Waals surface area contributed by atoms with Crippen molar-refractivity contribution in [2.45, 2.75) is 0 Å². The summed E-state index contributed by atoms with van der Waals surface area (Å²) in [4.78, 5) is 6.91. The maximum atomic E-state index is 4.69. The molecule has 0 unspecified atom stereocenters. The summed E-state index contributed by atoms with van der Waals surface area (Å²) in [5.41, 5.74) is 8.25. The van der Waals surface area contributed by atoms with Crippen LogP contribution < -0.4 is 4.90 Å². The van der Waals surface area contributed by atoms with Crippen LogP contribution in [0.1, 0.15) is 0 Å². The fourth-order valence-corrected chi connectivity index (χ4v) is 7.69. The second-order valence-corrected chi connectivity index (χ2v) is 12.4. The molecule has 0 N–H and O–H groups in total. The van der Waals surface area contributed by atoms with Crippen LogP contribution in [-0.4, -0.2) is 9.55 Å². The molecule has 0 aliphatic carbocycles. The molecule has 0 atom stereocenters. The van der Waals surface area contributed by atoms with Crippen molar-refractivity contribution in [1.29, 1.82) is 0 Å². The van der Waals surface area contributed by atoms with E-state index in [1.165, 1.54) is 58.8 Å². The first-order chi connectivity index (χ1) is 22.3. The summed E-state index contributed by atoms with van der Waals surface area (Å²) in [7, 11) is 0. The Balaban J connectivity index is 1.16. The summed E-state index contributed by atoms with van der Waals surface area (Å²) in [6, 6.07) is 56.4. The van der Waals surface area contributed by atoms with E-state index in [9.17, 15) is 0 Å². The quantitative estimate of drug-likeness (QED) is 0.198. The lowest BCUT2D eigenvalue weighted by atomic mass is 10.0. The molecule has 4 heteroatoms. The van der Waals surface area contributed by atoms with Gasteiger partial charge in [0.15, 0.2) is 0 Å². The van der Waals surface area contributed by atoms with Crippen molar-refractivity contribution in [3.63, 3.8) is 0 Å². The Labute approximate surface area is 264 Å². The number of hydrogen-bond acceptors (Lipinski definition) is 3. The van der Waals surface area contributed by atoms with E-state index in [1.54, 1.807) is 0 Å². The molecule has 3 heterocycles. The molecule has 0 saturated heterocycles. The molecule has 0 radical (unpaired) electrons. The van der Waals surface area contributed by atoms with Crippen molar-refractivity contribution in [2.75, 3.05) is 4.90 Å². The van der Waals surface area contributed by atoms with Gasteiger partial charge in [-0.25, -0.2) is 4.98 Å². The summed E-state index contributed by atoms with van der Waals surface area (Å²) < 4.78 is 4.92. The number of anilines is 3. The largest absolute Gasteiger partial charge is 0.309 e. The lowest BCUT2D eigenvalue weighted by Crippen LogP contribution is -2.10. The molecule has 9 aromatic rings. The van der Waals surface area contributed by atoms with Gasteiger partial charge < -0.3 is 4.57 Å². The maximum Gasteiger partial charge on any atom is 0.137 e. The fourth-order valence-electron chi connectivity index (χ4n) is 6.57. The zero-order chi connectivity index (χ0) is 29.7. The van der Waals surface area contributed by atoms with Gasteiger partial charge in [0, 0.05) is 54.2 Å². The molecule has 0 aliphatic heterocycles. The van der Waals surface area contributed by atoms with Crippen LogP contribution in [0.2, 0.25) is 0 Å². The summed E-state index contributed by atoms with van der Waals surface area (Å²) in [5.74, 6) is 0.899. The molecule has 9 rings (SSSR count). The molecule has 0 amide bonds. The maximum absolute atomic E-state index is 4.69. The monoisotopic (exact) mass is 593 g/mol. The Hall–Kier alpha value is -5.71. The van der Waals surface area contributed by atoms with Crippen LogP contribution in [0.25, 0.3) is 58.8 Å². The number of para-hydroxylation sites is 3. The topological polar surface area (TPSA) is 21.1 Å². The zero-order valence-electron chi connectivity index (χ0n) is 24.3. The van der Waals surface area contributed by atoms with Crippen molar-refractivity contribution in [3.8, 4) is 16.8 Å². The minimum absolute atomic E-state index is 0.899. The van der Waals surface area contributed by atoms with Gasteiger partial charge in [-0.1, -0.05) is 78.9 Å². The van der Waals surface area contributed by atoms with Gasteiger partial charge in [0.2, 0.25) is 0 Å². The van der Waals surface area contributed by atoms with Crippen LogP contribution in [0.3, 0.4) is 0 Å². The van der Waals surface area contributed by atoms with Crippen LogP contribution >= 0.6 is 11.3 Å². The third-order valence-electron chi connectivity index (χ3n) is 8.63. The Kier molecular flexibility index (Phi) is 6.00. The summed E-state index contributed by atoms with van der Waals surface area (Å²) in [5, 5.41) is 5.09. The van der Waals surface area contributed by atoms with Crippen molar-refractivity contribution in [2.24, 2.45) is 0 Å². The lowest BCUT2D eigenvalue weighted by molar-refractivity contribution is 1.18. The van der Waals surface area contributed by atoms with E-state index in [4.69, 9.17) is 0 Å². The smallest absolute Gasteiger partial charge is 0.137 e. The lowest BCUT2D eigenvalue weighted by Gasteiger charge is -2.24. The average molecular weight is 594 g/mol. The molecule has 0 bridgehead atoms. The summed E-state index contributed by atoms with van der Waals surface area (Å²) in [6.07, 6.45) is 1.85. The first-order valence-electron chi connectivity index (χ1n) is 15.1. The average Bonchev–Trinajstić information content (AvgIpc) is 3.64. The molecule has 0 saturated carbocycles. The number of thiophene rings is 1. The summed E-state index contributed by atoms with van der Waals surface area (Å²) >= 11 is 1.84. The van der Waals surface area contributed by atoms with Crippen LogP contribution in [0.5, 0.6) is 0 Å². The molecule has 45 heavy (non-hydrogen) atoms. The number of hydrogen-bond donors (Lipinski definition) is 0. The fraction of sp³-hybridized carbons (Fsp3) is 0. The van der Waals surface area contributed by atoms with Gasteiger partial charge in [-0.3, -0.25) is 4.90 Å². The van der Waals surface area contributed by atoms with E-state index in [-0.39, 0.29) is 0 Å². The predicted octanol–water partition coefficient (Wildman–Crippen LogP) is 11.7. The van der Waals surface area contributed by atoms with E-state index in [0.29, 0.717) is 0 Å². The van der Waals surface area contributed by atoms with Crippen molar-refractivity contribution < 1.29 is 0 Å². The number of aromatic nitrogens is 2. The normalized spacial score (nSPS) is 11.6. The van der Waals surface area contributed by atoms with Crippen molar-refractivity contribution >= 4 is 70.5 Å². The Bertz CT molecular complexity index is 2440. The molecule has 6 aromatic carbocycles. The number of nitrogens with zero attached hydrogens (tertiary/aromatic N) is 3. The van der Waals surface area contributed by atoms with Crippen LogP contribution in [0.4, 0.5) is 17.2 Å². The highest BCUT2D eigenvalue weighted by Crippen LogP contribution is 2.42. The van der Waals surface area contributed by atoms with E-state index in [0.717, 1.165) is 17.2 Å². The van der Waals surface area contributed by atoms with Gasteiger partial charge in [0.05, 0.1) is 11.0 Å². The van der Waals surface area contributed by atoms with Crippen LogP contribution in [0.15, 0.2) is 164 Å². The standard InChI is InChI=1S/C41H27N3S/c1-3-11-30(12-4-1)43(41-17-9-10-24-42-41)32-20-21-34-36-26-29(19-23-39(36)45-40(34)27-32)28-18-22-38-35(25-28)33-15-7-8-16-37(33)44(38)31-13-5-2-6-14-31/h1-27H. The van der Waals surface area contributed by atoms with Gasteiger partial charge in [-0.05, 0) is 90.0 Å². The predicted molar refractivity (Wildman–Crippen MR) is 192 cm³/mol. The van der Waals surface area contributed by atoms with Gasteiger partial charge in [0.25, 0.3) is 0 Å². The highest BCUT2D eigenvalue weighted by molar-refractivity contribution is 7.25. The third kappa shape index (κ3) is 4.30. The van der Waals surface area contributed by atoms with Crippen molar-refractivity contribution in [1.82, 2.24) is 9.55 Å². The third-order valence-corrected chi connectivity index (χ3v) is 9.76. The van der Waals surface area contributed by atoms with Gasteiger partial charge >= 0.3 is 0 Å². The SMILES string of the molecule is c1ccc(N(c2ccc3c(c2)sc2ccc(-c4ccc5c(c4)c4ccccc4n5-c4ccccc4)cc23)c2ccccn2)cc1. The molecule has 3 aromatic heterocycles. The van der Waals surface area contributed by atoms with Crippen molar-refractivity contribution in [3.05, 3.63) is 164 Å². The Morgan fingerprint density at radius 3 is 2.00 bits per heavy atom. The second kappa shape index (κ2) is 10.5. The molecule has 212 valence electrons. The van der Waals surface area contributed by atoms with Crippen LogP contribution in [0, 0.1) is 0 Å².